The first-order valence-corrected chi connectivity index (χ1v) is 4.01. The van der Waals surface area contributed by atoms with E-state index in [1.807, 2.05) is 0 Å². The first-order chi connectivity index (χ1) is 6.81. The average Bonchev–Trinajstić information content (AvgIpc) is 2.74. The van der Waals surface area contributed by atoms with Gasteiger partial charge < -0.3 is 0 Å². The summed E-state index contributed by atoms with van der Waals surface area (Å²) >= 11 is 0. The molecule has 0 aromatic heterocycles. The van der Waals surface area contributed by atoms with Crippen molar-refractivity contribution in [3.63, 3.8) is 0 Å². The van der Waals surface area contributed by atoms with Crippen LogP contribution < -0.4 is 0 Å². The minimum Gasteiger partial charge on any atom is -0.287 e. The normalized spacial score (nSPS) is 35.3. The van der Waals surface area contributed by atoms with Crippen molar-refractivity contribution in [2.75, 3.05) is 0 Å². The number of rotatable bonds is 1. The van der Waals surface area contributed by atoms with Crippen LogP contribution in [0.25, 0.3) is 0 Å². The molecule has 1 nitrogen and oxygen atoms in total. The molecule has 15 heavy (non-hydrogen) atoms. The van der Waals surface area contributed by atoms with Crippen molar-refractivity contribution in [1.29, 1.82) is 0 Å². The third kappa shape index (κ3) is 1.24. The van der Waals surface area contributed by atoms with Gasteiger partial charge in [0.1, 0.15) is 0 Å². The molecule has 0 bridgehead atoms. The fourth-order valence-electron chi connectivity index (χ4n) is 1.31. The highest BCUT2D eigenvalue weighted by molar-refractivity contribution is 5.29. The van der Waals surface area contributed by atoms with E-state index in [9.17, 15) is 22.0 Å². The number of benzene rings is 1. The maximum Gasteiger partial charge on any atom is 0.455 e. The number of halogens is 5. The summed E-state index contributed by atoms with van der Waals surface area (Å²) in [6.45, 7) is 0. The van der Waals surface area contributed by atoms with Crippen LogP contribution in [0.15, 0.2) is 30.3 Å². The Kier molecular flexibility index (Phi) is 1.86. The third-order valence-electron chi connectivity index (χ3n) is 2.16. The molecule has 0 saturated carbocycles. The molecule has 0 amide bonds. The van der Waals surface area contributed by atoms with Gasteiger partial charge in [-0.1, -0.05) is 30.3 Å². The van der Waals surface area contributed by atoms with Crippen molar-refractivity contribution >= 4 is 0 Å². The van der Waals surface area contributed by atoms with Gasteiger partial charge >= 0.3 is 17.9 Å². The lowest BCUT2D eigenvalue weighted by molar-refractivity contribution is -0.228. The second-order valence-electron chi connectivity index (χ2n) is 3.16. The molecule has 1 aromatic rings. The van der Waals surface area contributed by atoms with E-state index in [0.717, 1.165) is 12.1 Å². The van der Waals surface area contributed by atoms with Gasteiger partial charge in [-0.05, 0) is 0 Å². The van der Waals surface area contributed by atoms with Crippen LogP contribution >= 0.6 is 0 Å². The fourth-order valence-corrected chi connectivity index (χ4v) is 1.31. The third-order valence-corrected chi connectivity index (χ3v) is 2.16. The highest BCUT2D eigenvalue weighted by atomic mass is 19.4. The zero-order valence-electron chi connectivity index (χ0n) is 7.18. The molecule has 2 unspecified atom stereocenters. The lowest BCUT2D eigenvalue weighted by Gasteiger charge is -2.09. The molecule has 1 heterocycles. The quantitative estimate of drug-likeness (QED) is 0.527. The van der Waals surface area contributed by atoms with E-state index >= 15 is 0 Å². The molecule has 0 radical (unpaired) electrons. The number of alkyl halides is 5. The van der Waals surface area contributed by atoms with E-state index in [1.54, 1.807) is 0 Å². The van der Waals surface area contributed by atoms with Gasteiger partial charge in [0.05, 0.1) is 0 Å². The minimum absolute atomic E-state index is 0.482. The molecule has 1 aromatic carbocycles. The molecule has 1 aliphatic rings. The largest absolute Gasteiger partial charge is 0.455 e. The van der Waals surface area contributed by atoms with E-state index in [-0.39, 0.29) is 0 Å². The van der Waals surface area contributed by atoms with Crippen LogP contribution in [0.5, 0.6) is 0 Å². The number of epoxide rings is 1. The molecule has 6 heteroatoms. The summed E-state index contributed by atoms with van der Waals surface area (Å²) in [5.74, 6) is -7.63. The maximum absolute atomic E-state index is 13.5. The van der Waals surface area contributed by atoms with Gasteiger partial charge in [-0.3, -0.25) is 4.74 Å². The van der Waals surface area contributed by atoms with Crippen LogP contribution in [0.4, 0.5) is 22.0 Å². The molecule has 0 spiro atoms. The molecule has 1 aliphatic heterocycles. The summed E-state index contributed by atoms with van der Waals surface area (Å²) in [6, 6.07) is 6.15. The molecule has 1 fully saturated rings. The van der Waals surface area contributed by atoms with E-state index in [0.29, 0.717) is 0 Å². The summed E-state index contributed by atoms with van der Waals surface area (Å²) in [4.78, 5) is 0. The number of hydrogen-bond acceptors (Lipinski definition) is 1. The van der Waals surface area contributed by atoms with E-state index in [4.69, 9.17) is 0 Å². The van der Waals surface area contributed by atoms with Gasteiger partial charge in [0.2, 0.25) is 0 Å². The maximum atomic E-state index is 13.5. The predicted molar refractivity (Wildman–Crippen MR) is 40.2 cm³/mol. The van der Waals surface area contributed by atoms with E-state index in [2.05, 4.69) is 4.74 Å². The van der Waals surface area contributed by atoms with Crippen molar-refractivity contribution in [3.8, 4) is 0 Å². The molecular formula is C9H5F5O. The first-order valence-electron chi connectivity index (χ1n) is 4.01. The molecule has 1 saturated heterocycles. The second kappa shape index (κ2) is 2.69. The minimum atomic E-state index is -5.38. The molecule has 0 aliphatic carbocycles. The summed E-state index contributed by atoms with van der Waals surface area (Å²) < 4.78 is 66.3. The summed E-state index contributed by atoms with van der Waals surface area (Å²) in [7, 11) is 0. The van der Waals surface area contributed by atoms with Crippen LogP contribution in [0.2, 0.25) is 0 Å². The standard InChI is InChI=1S/C9H5F5O/c10-7(6-4-2-1-3-5-6)8(11,15-7)9(12,13)14/h1-5H. The van der Waals surface area contributed by atoms with E-state index < -0.39 is 23.4 Å². The van der Waals surface area contributed by atoms with E-state index in [1.165, 1.54) is 18.2 Å². The van der Waals surface area contributed by atoms with Gasteiger partial charge in [-0.25, -0.2) is 0 Å². The molecule has 0 N–H and O–H groups in total. The summed E-state index contributed by atoms with van der Waals surface area (Å²) in [5, 5.41) is 0. The van der Waals surface area contributed by atoms with Gasteiger partial charge in [-0.15, -0.1) is 0 Å². The van der Waals surface area contributed by atoms with Gasteiger partial charge in [0, 0.05) is 5.56 Å². The van der Waals surface area contributed by atoms with Crippen LogP contribution in [-0.2, 0) is 10.6 Å². The summed E-state index contributed by atoms with van der Waals surface area (Å²) in [5.41, 5.74) is -0.482. The van der Waals surface area contributed by atoms with Crippen molar-refractivity contribution in [1.82, 2.24) is 0 Å². The molecule has 2 rings (SSSR count). The SMILES string of the molecule is FC(F)(F)C1(F)OC1(F)c1ccccc1. The van der Waals surface area contributed by atoms with Crippen molar-refractivity contribution < 1.29 is 26.7 Å². The van der Waals surface area contributed by atoms with Crippen LogP contribution in [0, 0.1) is 0 Å². The monoisotopic (exact) mass is 224 g/mol. The highest BCUT2D eigenvalue weighted by Gasteiger charge is 2.88. The Balaban J connectivity index is 2.35. The molecular weight excluding hydrogens is 219 g/mol. The second-order valence-corrected chi connectivity index (χ2v) is 3.16. The van der Waals surface area contributed by atoms with Crippen LogP contribution in [-0.4, -0.2) is 12.0 Å². The smallest absolute Gasteiger partial charge is 0.287 e. The molecule has 2 atom stereocenters. The zero-order chi connectivity index (χ0) is 11.3. The van der Waals surface area contributed by atoms with Gasteiger partial charge in [0.25, 0.3) is 0 Å². The zero-order valence-corrected chi connectivity index (χ0v) is 7.18. The Bertz CT molecular complexity index is 376. The highest BCUT2D eigenvalue weighted by Crippen LogP contribution is 2.65. The average molecular weight is 224 g/mol. The topological polar surface area (TPSA) is 12.5 Å². The Hall–Kier alpha value is -1.17. The van der Waals surface area contributed by atoms with Crippen molar-refractivity contribution in [3.05, 3.63) is 35.9 Å². The van der Waals surface area contributed by atoms with Crippen molar-refractivity contribution in [2.24, 2.45) is 0 Å². The Morgan fingerprint density at radius 3 is 1.93 bits per heavy atom. The lowest BCUT2D eigenvalue weighted by atomic mass is 10.1. The fraction of sp³-hybridized carbons (Fsp3) is 0.333. The number of hydrogen-bond donors (Lipinski definition) is 0. The Morgan fingerprint density at radius 2 is 1.53 bits per heavy atom. The molecule has 82 valence electrons. The van der Waals surface area contributed by atoms with Crippen LogP contribution in [0.1, 0.15) is 5.56 Å². The lowest BCUT2D eigenvalue weighted by Crippen LogP contribution is -2.33. The van der Waals surface area contributed by atoms with Crippen LogP contribution in [0.3, 0.4) is 0 Å². The summed E-state index contributed by atoms with van der Waals surface area (Å²) in [6.07, 6.45) is -5.38. The Labute approximate surface area is 81.5 Å². The van der Waals surface area contributed by atoms with Crippen molar-refractivity contribution in [2.45, 2.75) is 17.9 Å². The first kappa shape index (κ1) is 10.4. The number of ether oxygens (including phenoxy) is 1. The van der Waals surface area contributed by atoms with Gasteiger partial charge in [-0.2, -0.15) is 22.0 Å². The van der Waals surface area contributed by atoms with Gasteiger partial charge in [0.15, 0.2) is 0 Å². The predicted octanol–water partition coefficient (Wildman–Crippen LogP) is 3.07. The Morgan fingerprint density at radius 1 is 1.00 bits per heavy atom.